The van der Waals surface area contributed by atoms with Gasteiger partial charge in [-0.05, 0) is 70.6 Å². The molecule has 0 aliphatic heterocycles. The third-order valence-electron chi connectivity index (χ3n) is 11.4. The van der Waals surface area contributed by atoms with E-state index in [1.807, 2.05) is 0 Å². The SMILES string of the molecule is CCCCCCC/C=C/CCCCCCCC(=O)OC[C@@H](COC(=O)CCCCCCCCCCCCCCC)OC(=O)CCCCCCC/C=C/CCCCCCC. The van der Waals surface area contributed by atoms with Crippen molar-refractivity contribution in [1.29, 1.82) is 0 Å². The lowest BCUT2D eigenvalue weighted by atomic mass is 10.0. The van der Waals surface area contributed by atoms with E-state index in [2.05, 4.69) is 45.1 Å². The van der Waals surface area contributed by atoms with Crippen molar-refractivity contribution in [1.82, 2.24) is 0 Å². The maximum Gasteiger partial charge on any atom is 0.306 e. The van der Waals surface area contributed by atoms with Gasteiger partial charge in [0.25, 0.3) is 0 Å². The van der Waals surface area contributed by atoms with E-state index >= 15 is 0 Å². The van der Waals surface area contributed by atoms with Crippen LogP contribution >= 0.6 is 0 Å². The van der Waals surface area contributed by atoms with Gasteiger partial charge in [0, 0.05) is 19.3 Å². The fraction of sp³-hybridized carbons (Fsp3) is 0.868. The zero-order chi connectivity index (χ0) is 43.0. The van der Waals surface area contributed by atoms with Crippen LogP contribution in [0.4, 0.5) is 0 Å². The Morgan fingerprint density at radius 2 is 0.559 bits per heavy atom. The van der Waals surface area contributed by atoms with Gasteiger partial charge in [0.1, 0.15) is 13.2 Å². The number of rotatable bonds is 47. The molecule has 6 heteroatoms. The van der Waals surface area contributed by atoms with Crippen molar-refractivity contribution in [2.45, 2.75) is 284 Å². The third-order valence-corrected chi connectivity index (χ3v) is 11.4. The number of ether oxygens (including phenoxy) is 3. The minimum atomic E-state index is -0.773. The van der Waals surface area contributed by atoms with Gasteiger partial charge in [0.15, 0.2) is 6.10 Å². The average molecular weight is 831 g/mol. The van der Waals surface area contributed by atoms with Gasteiger partial charge in [-0.2, -0.15) is 0 Å². The van der Waals surface area contributed by atoms with Crippen LogP contribution in [0.25, 0.3) is 0 Å². The second kappa shape index (κ2) is 48.6. The first-order chi connectivity index (χ1) is 29.0. The lowest BCUT2D eigenvalue weighted by Gasteiger charge is -2.18. The Hall–Kier alpha value is -2.11. The fourth-order valence-electron chi connectivity index (χ4n) is 7.49. The molecule has 0 aliphatic rings. The highest BCUT2D eigenvalue weighted by atomic mass is 16.6. The summed E-state index contributed by atoms with van der Waals surface area (Å²) in [6.45, 7) is 6.63. The van der Waals surface area contributed by atoms with Crippen LogP contribution in [-0.4, -0.2) is 37.2 Å². The van der Waals surface area contributed by atoms with Crippen LogP contribution in [0.15, 0.2) is 24.3 Å². The molecule has 0 aromatic rings. The molecular weight excluding hydrogens is 733 g/mol. The van der Waals surface area contributed by atoms with Gasteiger partial charge >= 0.3 is 17.9 Å². The molecule has 0 heterocycles. The topological polar surface area (TPSA) is 78.9 Å². The van der Waals surface area contributed by atoms with E-state index in [1.54, 1.807) is 0 Å². The highest BCUT2D eigenvalue weighted by Gasteiger charge is 2.19. The molecule has 0 fully saturated rings. The third kappa shape index (κ3) is 46.8. The predicted octanol–water partition coefficient (Wildman–Crippen LogP) is 16.8. The quantitative estimate of drug-likeness (QED) is 0.0263. The molecule has 1 atom stereocenters. The number of carbonyl (C=O) groups excluding carboxylic acids is 3. The number of hydrogen-bond acceptors (Lipinski definition) is 6. The summed E-state index contributed by atoms with van der Waals surface area (Å²) in [7, 11) is 0. The van der Waals surface area contributed by atoms with Crippen molar-refractivity contribution in [2.24, 2.45) is 0 Å². The molecule has 0 N–H and O–H groups in total. The van der Waals surface area contributed by atoms with Crippen LogP contribution in [0.5, 0.6) is 0 Å². The van der Waals surface area contributed by atoms with Crippen molar-refractivity contribution in [3.8, 4) is 0 Å². The van der Waals surface area contributed by atoms with Crippen molar-refractivity contribution in [3.63, 3.8) is 0 Å². The Bertz CT molecular complexity index is 958. The molecule has 0 aromatic carbocycles. The van der Waals surface area contributed by atoms with Crippen molar-refractivity contribution in [3.05, 3.63) is 24.3 Å². The summed E-state index contributed by atoms with van der Waals surface area (Å²) in [5, 5.41) is 0. The van der Waals surface area contributed by atoms with E-state index < -0.39 is 6.10 Å². The first kappa shape index (κ1) is 56.9. The van der Waals surface area contributed by atoms with Crippen molar-refractivity contribution < 1.29 is 28.6 Å². The normalized spacial score (nSPS) is 12.1. The summed E-state index contributed by atoms with van der Waals surface area (Å²) in [5.74, 6) is -0.879. The minimum absolute atomic E-state index is 0.0736. The van der Waals surface area contributed by atoms with Crippen LogP contribution in [0, 0.1) is 0 Å². The Morgan fingerprint density at radius 3 is 0.847 bits per heavy atom. The molecule has 59 heavy (non-hydrogen) atoms. The molecular formula is C53H98O6. The zero-order valence-corrected chi connectivity index (χ0v) is 39.5. The summed E-state index contributed by atoms with van der Waals surface area (Å²) in [5.41, 5.74) is 0. The lowest BCUT2D eigenvalue weighted by molar-refractivity contribution is -0.167. The molecule has 0 radical (unpaired) electrons. The molecule has 6 nitrogen and oxygen atoms in total. The maximum absolute atomic E-state index is 12.8. The number of hydrogen-bond donors (Lipinski definition) is 0. The molecule has 0 aromatic heterocycles. The van der Waals surface area contributed by atoms with E-state index in [9.17, 15) is 14.4 Å². The van der Waals surface area contributed by atoms with Crippen LogP contribution in [0.1, 0.15) is 278 Å². The number of allylic oxidation sites excluding steroid dienone is 4. The van der Waals surface area contributed by atoms with Crippen LogP contribution in [-0.2, 0) is 28.6 Å². The molecule has 0 amide bonds. The highest BCUT2D eigenvalue weighted by Crippen LogP contribution is 2.15. The first-order valence-corrected chi connectivity index (χ1v) is 25.8. The van der Waals surface area contributed by atoms with Gasteiger partial charge < -0.3 is 14.2 Å². The molecule has 0 rings (SSSR count). The lowest BCUT2D eigenvalue weighted by Crippen LogP contribution is -2.30. The minimum Gasteiger partial charge on any atom is -0.462 e. The summed E-state index contributed by atoms with van der Waals surface area (Å²) in [6.07, 6.45) is 54.4. The summed E-state index contributed by atoms with van der Waals surface area (Å²) < 4.78 is 16.8. The van der Waals surface area contributed by atoms with E-state index in [-0.39, 0.29) is 31.1 Å². The van der Waals surface area contributed by atoms with Crippen LogP contribution in [0.2, 0.25) is 0 Å². The van der Waals surface area contributed by atoms with Crippen LogP contribution < -0.4 is 0 Å². The van der Waals surface area contributed by atoms with Gasteiger partial charge in [0.05, 0.1) is 0 Å². The number of esters is 3. The van der Waals surface area contributed by atoms with Gasteiger partial charge in [-0.1, -0.05) is 212 Å². The van der Waals surface area contributed by atoms with Gasteiger partial charge in [-0.3, -0.25) is 14.4 Å². The monoisotopic (exact) mass is 831 g/mol. The van der Waals surface area contributed by atoms with Gasteiger partial charge in [-0.25, -0.2) is 0 Å². The van der Waals surface area contributed by atoms with E-state index in [0.717, 1.165) is 70.6 Å². The maximum atomic E-state index is 12.8. The second-order valence-electron chi connectivity index (χ2n) is 17.4. The van der Waals surface area contributed by atoms with Crippen LogP contribution in [0.3, 0.4) is 0 Å². The highest BCUT2D eigenvalue weighted by molar-refractivity contribution is 5.71. The Balaban J connectivity index is 4.37. The average Bonchev–Trinajstić information content (AvgIpc) is 3.23. The Labute approximate surface area is 366 Å². The van der Waals surface area contributed by atoms with Gasteiger partial charge in [0.2, 0.25) is 0 Å². The second-order valence-corrected chi connectivity index (χ2v) is 17.4. The molecule has 0 spiro atoms. The van der Waals surface area contributed by atoms with E-state index in [1.165, 1.54) is 167 Å². The zero-order valence-electron chi connectivity index (χ0n) is 39.5. The molecule has 0 unspecified atom stereocenters. The molecule has 0 bridgehead atoms. The molecule has 0 aliphatic carbocycles. The van der Waals surface area contributed by atoms with Crippen molar-refractivity contribution in [2.75, 3.05) is 13.2 Å². The van der Waals surface area contributed by atoms with Gasteiger partial charge in [-0.15, -0.1) is 0 Å². The first-order valence-electron chi connectivity index (χ1n) is 25.8. The molecule has 346 valence electrons. The smallest absolute Gasteiger partial charge is 0.306 e. The van der Waals surface area contributed by atoms with E-state index in [4.69, 9.17) is 14.2 Å². The summed E-state index contributed by atoms with van der Waals surface area (Å²) >= 11 is 0. The fourth-order valence-corrected chi connectivity index (χ4v) is 7.49. The number of unbranched alkanes of at least 4 members (excludes halogenated alkanes) is 32. The number of carbonyl (C=O) groups is 3. The summed E-state index contributed by atoms with van der Waals surface area (Å²) in [4.78, 5) is 37.9. The van der Waals surface area contributed by atoms with Crippen molar-refractivity contribution >= 4 is 17.9 Å². The Morgan fingerprint density at radius 1 is 0.322 bits per heavy atom. The van der Waals surface area contributed by atoms with E-state index in [0.29, 0.717) is 19.3 Å². The predicted molar refractivity (Wildman–Crippen MR) is 252 cm³/mol. The summed E-state index contributed by atoms with van der Waals surface area (Å²) in [6, 6.07) is 0. The molecule has 0 saturated carbocycles. The Kier molecular flexibility index (Phi) is 46.8. The molecule has 0 saturated heterocycles. The standard InChI is InChI=1S/C53H98O6/c1-4-7-10-13-16-19-22-25-28-31-34-37-40-43-46-52(55)58-49-50(48-57-51(54)45-42-39-36-33-30-27-24-21-18-15-12-9-6-3)59-53(56)47-44-41-38-35-32-29-26-23-20-17-14-11-8-5-2/h22-23,25-26,50H,4-21,24,27-49H2,1-3H3/b25-22+,26-23+/t50-/m1/s1. The largest absolute Gasteiger partial charge is 0.462 e.